The average Bonchev–Trinajstić information content (AvgIpc) is 2.92. The molecule has 1 heterocycles. The fraction of sp³-hybridized carbons (Fsp3) is 0.0667. The molecule has 0 aliphatic carbocycles. The number of hydrogen-bond donors (Lipinski definition) is 0. The Bertz CT molecular complexity index is 703. The number of aromatic nitrogens is 3. The molecular formula is C15H11F2N3. The Hall–Kier alpha value is -2.56. The van der Waals surface area contributed by atoms with Gasteiger partial charge in [0.15, 0.2) is 0 Å². The Morgan fingerprint density at radius 1 is 0.900 bits per heavy atom. The summed E-state index contributed by atoms with van der Waals surface area (Å²) < 4.78 is 29.1. The first-order chi connectivity index (χ1) is 9.75. The molecule has 5 heteroatoms. The highest BCUT2D eigenvalue weighted by atomic mass is 19.1. The second kappa shape index (κ2) is 5.21. The first-order valence-corrected chi connectivity index (χ1v) is 6.13. The van der Waals surface area contributed by atoms with Crippen molar-refractivity contribution >= 4 is 0 Å². The molecule has 0 saturated carbocycles. The van der Waals surface area contributed by atoms with Crippen LogP contribution in [0, 0.1) is 11.6 Å². The van der Waals surface area contributed by atoms with Crippen molar-refractivity contribution in [2.24, 2.45) is 0 Å². The number of rotatable bonds is 3. The third kappa shape index (κ3) is 2.30. The molecule has 0 atom stereocenters. The van der Waals surface area contributed by atoms with Gasteiger partial charge in [0.25, 0.3) is 0 Å². The molecule has 0 spiro atoms. The van der Waals surface area contributed by atoms with Crippen LogP contribution in [-0.4, -0.2) is 14.8 Å². The van der Waals surface area contributed by atoms with Gasteiger partial charge >= 0.3 is 0 Å². The van der Waals surface area contributed by atoms with Gasteiger partial charge in [0, 0.05) is 17.7 Å². The average molecular weight is 271 g/mol. The van der Waals surface area contributed by atoms with Crippen molar-refractivity contribution in [2.75, 3.05) is 0 Å². The quantitative estimate of drug-likeness (QED) is 0.732. The number of benzene rings is 2. The molecule has 20 heavy (non-hydrogen) atoms. The summed E-state index contributed by atoms with van der Waals surface area (Å²) in [6, 6.07) is 13.2. The minimum atomic E-state index is -0.576. The fourth-order valence-corrected chi connectivity index (χ4v) is 2.04. The van der Waals surface area contributed by atoms with Crippen molar-refractivity contribution in [1.29, 1.82) is 0 Å². The molecule has 1 aromatic heterocycles. The lowest BCUT2D eigenvalue weighted by atomic mass is 10.1. The Kier molecular flexibility index (Phi) is 3.25. The molecule has 100 valence electrons. The lowest BCUT2D eigenvalue weighted by molar-refractivity contribution is 0.558. The summed E-state index contributed by atoms with van der Waals surface area (Å²) in [7, 11) is 0. The predicted octanol–water partition coefficient (Wildman–Crippen LogP) is 3.14. The van der Waals surface area contributed by atoms with Crippen molar-refractivity contribution in [2.45, 2.75) is 6.42 Å². The summed E-state index contributed by atoms with van der Waals surface area (Å²) in [5.41, 5.74) is 0.849. The number of halogens is 2. The van der Waals surface area contributed by atoms with Crippen molar-refractivity contribution in [1.82, 2.24) is 14.8 Å². The van der Waals surface area contributed by atoms with E-state index in [1.165, 1.54) is 24.5 Å². The van der Waals surface area contributed by atoms with Crippen molar-refractivity contribution in [3.8, 4) is 5.69 Å². The Balaban J connectivity index is 1.99. The third-order valence-electron chi connectivity index (χ3n) is 3.05. The second-order valence-corrected chi connectivity index (χ2v) is 4.33. The van der Waals surface area contributed by atoms with E-state index in [0.29, 0.717) is 5.82 Å². The highest BCUT2D eigenvalue weighted by Gasteiger charge is 2.13. The van der Waals surface area contributed by atoms with Gasteiger partial charge in [-0.3, -0.25) is 4.57 Å². The lowest BCUT2D eigenvalue weighted by Gasteiger charge is -2.07. The smallest absolute Gasteiger partial charge is 0.142 e. The minimum Gasteiger partial charge on any atom is -0.285 e. The maximum atomic E-state index is 13.7. The molecule has 0 fully saturated rings. The van der Waals surface area contributed by atoms with Crippen molar-refractivity contribution < 1.29 is 8.78 Å². The van der Waals surface area contributed by atoms with Crippen molar-refractivity contribution in [3.05, 3.63) is 77.9 Å². The molecule has 0 radical (unpaired) electrons. The molecule has 0 amide bonds. The Morgan fingerprint density at radius 2 is 1.60 bits per heavy atom. The summed E-state index contributed by atoms with van der Waals surface area (Å²) >= 11 is 0. The summed E-state index contributed by atoms with van der Waals surface area (Å²) in [5.74, 6) is -0.666. The van der Waals surface area contributed by atoms with E-state index < -0.39 is 11.6 Å². The van der Waals surface area contributed by atoms with Gasteiger partial charge < -0.3 is 0 Å². The van der Waals surface area contributed by atoms with E-state index in [1.807, 2.05) is 30.3 Å². The van der Waals surface area contributed by atoms with Crippen LogP contribution in [0.25, 0.3) is 5.69 Å². The summed E-state index contributed by atoms with van der Waals surface area (Å²) in [5, 5.41) is 7.77. The van der Waals surface area contributed by atoms with Gasteiger partial charge in [-0.15, -0.1) is 10.2 Å². The highest BCUT2D eigenvalue weighted by Crippen LogP contribution is 2.17. The predicted molar refractivity (Wildman–Crippen MR) is 70.5 cm³/mol. The van der Waals surface area contributed by atoms with E-state index >= 15 is 0 Å². The van der Waals surface area contributed by atoms with Crippen LogP contribution in [0.3, 0.4) is 0 Å². The monoisotopic (exact) mass is 271 g/mol. The molecule has 2 aromatic carbocycles. The fourth-order valence-electron chi connectivity index (χ4n) is 2.04. The molecule has 0 bridgehead atoms. The maximum Gasteiger partial charge on any atom is 0.142 e. The van der Waals surface area contributed by atoms with E-state index in [0.717, 1.165) is 5.69 Å². The van der Waals surface area contributed by atoms with Crippen LogP contribution < -0.4 is 0 Å². The number of hydrogen-bond acceptors (Lipinski definition) is 2. The van der Waals surface area contributed by atoms with E-state index in [9.17, 15) is 8.78 Å². The second-order valence-electron chi connectivity index (χ2n) is 4.33. The largest absolute Gasteiger partial charge is 0.285 e. The highest BCUT2D eigenvalue weighted by molar-refractivity contribution is 5.33. The zero-order valence-electron chi connectivity index (χ0n) is 10.5. The van der Waals surface area contributed by atoms with Crippen LogP contribution in [0.4, 0.5) is 8.78 Å². The molecule has 3 nitrogen and oxygen atoms in total. The molecule has 3 aromatic rings. The van der Waals surface area contributed by atoms with Gasteiger partial charge in [-0.05, 0) is 24.3 Å². The topological polar surface area (TPSA) is 30.7 Å². The molecule has 0 N–H and O–H groups in total. The lowest BCUT2D eigenvalue weighted by Crippen LogP contribution is -2.04. The van der Waals surface area contributed by atoms with E-state index in [4.69, 9.17) is 0 Å². The van der Waals surface area contributed by atoms with Gasteiger partial charge in [-0.25, -0.2) is 8.78 Å². The van der Waals surface area contributed by atoms with Crippen LogP contribution in [0.1, 0.15) is 11.4 Å². The van der Waals surface area contributed by atoms with Crippen molar-refractivity contribution in [3.63, 3.8) is 0 Å². The Morgan fingerprint density at radius 3 is 2.30 bits per heavy atom. The van der Waals surface area contributed by atoms with Gasteiger partial charge in [0.1, 0.15) is 23.8 Å². The van der Waals surface area contributed by atoms with Gasteiger partial charge in [-0.1, -0.05) is 24.3 Å². The normalized spacial score (nSPS) is 10.7. The maximum absolute atomic E-state index is 13.7. The minimum absolute atomic E-state index is 0.00215. The van der Waals surface area contributed by atoms with Gasteiger partial charge in [-0.2, -0.15) is 0 Å². The van der Waals surface area contributed by atoms with E-state index in [1.54, 1.807) is 4.57 Å². The summed E-state index contributed by atoms with van der Waals surface area (Å²) in [6.07, 6.45) is 1.58. The standard InChI is InChI=1S/C15H11F2N3/c16-13-7-4-8-14(17)12(13)9-15-19-18-10-20(15)11-5-2-1-3-6-11/h1-8,10H,9H2. The van der Waals surface area contributed by atoms with Crippen LogP contribution in [0.15, 0.2) is 54.9 Å². The van der Waals surface area contributed by atoms with Crippen LogP contribution in [0.2, 0.25) is 0 Å². The zero-order valence-corrected chi connectivity index (χ0v) is 10.5. The molecule has 0 saturated heterocycles. The van der Waals surface area contributed by atoms with Gasteiger partial charge in [0.05, 0.1) is 0 Å². The first-order valence-electron chi connectivity index (χ1n) is 6.13. The molecule has 0 aliphatic rings. The summed E-state index contributed by atoms with van der Waals surface area (Å²) in [6.45, 7) is 0. The van der Waals surface area contributed by atoms with Crippen LogP contribution in [0.5, 0.6) is 0 Å². The molecule has 3 rings (SSSR count). The number of nitrogens with zero attached hydrogens (tertiary/aromatic N) is 3. The van der Waals surface area contributed by atoms with Crippen LogP contribution >= 0.6 is 0 Å². The molecule has 0 aliphatic heterocycles. The third-order valence-corrected chi connectivity index (χ3v) is 3.05. The molecule has 0 unspecified atom stereocenters. The van der Waals surface area contributed by atoms with E-state index in [-0.39, 0.29) is 12.0 Å². The Labute approximate surface area is 114 Å². The SMILES string of the molecule is Fc1cccc(F)c1Cc1nncn1-c1ccccc1. The zero-order chi connectivity index (χ0) is 13.9. The number of para-hydroxylation sites is 1. The molecular weight excluding hydrogens is 260 g/mol. The first kappa shape index (κ1) is 12.5. The van der Waals surface area contributed by atoms with Gasteiger partial charge in [0.2, 0.25) is 0 Å². The summed E-state index contributed by atoms with van der Waals surface area (Å²) in [4.78, 5) is 0. The van der Waals surface area contributed by atoms with E-state index in [2.05, 4.69) is 10.2 Å². The van der Waals surface area contributed by atoms with Crippen LogP contribution in [-0.2, 0) is 6.42 Å².